The molecule has 0 atom stereocenters. The molecule has 0 amide bonds. The molecule has 0 aromatic heterocycles. The average molecular weight is 258 g/mol. The minimum absolute atomic E-state index is 0.0190. The van der Waals surface area contributed by atoms with E-state index in [1.807, 2.05) is 13.0 Å². The molecule has 2 rings (SSSR count). The first-order valence-corrected chi connectivity index (χ1v) is 6.29. The van der Waals surface area contributed by atoms with Gasteiger partial charge < -0.3 is 9.84 Å². The van der Waals surface area contributed by atoms with Gasteiger partial charge in [0.2, 0.25) is 0 Å². The third kappa shape index (κ3) is 2.16. The number of benzene rings is 2. The topological polar surface area (TPSA) is 46.5 Å². The highest BCUT2D eigenvalue weighted by Crippen LogP contribution is 2.38. The SMILES string of the molecule is COc1cc(C)c2cc(O)c(C=O)cc2c1C(C)C. The van der Waals surface area contributed by atoms with Gasteiger partial charge in [0.25, 0.3) is 0 Å². The van der Waals surface area contributed by atoms with Gasteiger partial charge in [0.1, 0.15) is 11.5 Å². The molecular formula is C16H18O3. The van der Waals surface area contributed by atoms with Crippen LogP contribution >= 0.6 is 0 Å². The van der Waals surface area contributed by atoms with E-state index in [9.17, 15) is 9.90 Å². The van der Waals surface area contributed by atoms with Crippen molar-refractivity contribution in [3.8, 4) is 11.5 Å². The van der Waals surface area contributed by atoms with Crippen LogP contribution in [0, 0.1) is 6.92 Å². The Morgan fingerprint density at radius 3 is 2.42 bits per heavy atom. The molecule has 0 aliphatic rings. The van der Waals surface area contributed by atoms with Gasteiger partial charge in [0.05, 0.1) is 12.7 Å². The maximum Gasteiger partial charge on any atom is 0.153 e. The van der Waals surface area contributed by atoms with Crippen LogP contribution in [0.1, 0.15) is 41.3 Å². The molecule has 0 saturated carbocycles. The minimum Gasteiger partial charge on any atom is -0.507 e. The quantitative estimate of drug-likeness (QED) is 0.852. The second-order valence-electron chi connectivity index (χ2n) is 5.04. The summed E-state index contributed by atoms with van der Waals surface area (Å²) in [4.78, 5) is 11.0. The lowest BCUT2D eigenvalue weighted by Crippen LogP contribution is -1.98. The summed E-state index contributed by atoms with van der Waals surface area (Å²) in [5, 5.41) is 11.7. The number of carbonyl (C=O) groups is 1. The highest BCUT2D eigenvalue weighted by atomic mass is 16.5. The second kappa shape index (κ2) is 4.92. The molecule has 0 aliphatic carbocycles. The molecule has 0 spiro atoms. The van der Waals surface area contributed by atoms with E-state index in [1.165, 1.54) is 0 Å². The predicted octanol–water partition coefficient (Wildman–Crippen LogP) is 3.80. The number of ether oxygens (including phenoxy) is 1. The van der Waals surface area contributed by atoms with Crippen LogP contribution in [-0.2, 0) is 0 Å². The van der Waals surface area contributed by atoms with E-state index in [4.69, 9.17) is 4.74 Å². The van der Waals surface area contributed by atoms with E-state index < -0.39 is 0 Å². The Hall–Kier alpha value is -2.03. The normalized spacial score (nSPS) is 11.0. The van der Waals surface area contributed by atoms with Crippen LogP contribution in [0.3, 0.4) is 0 Å². The first-order chi connectivity index (χ1) is 8.99. The summed E-state index contributed by atoms with van der Waals surface area (Å²) >= 11 is 0. The first-order valence-electron chi connectivity index (χ1n) is 6.29. The molecule has 100 valence electrons. The van der Waals surface area contributed by atoms with Gasteiger partial charge in [-0.3, -0.25) is 4.79 Å². The van der Waals surface area contributed by atoms with Crippen LogP contribution in [0.15, 0.2) is 18.2 Å². The number of hydrogen-bond donors (Lipinski definition) is 1. The van der Waals surface area contributed by atoms with Crippen LogP contribution < -0.4 is 4.74 Å². The minimum atomic E-state index is 0.0190. The van der Waals surface area contributed by atoms with Crippen molar-refractivity contribution < 1.29 is 14.6 Å². The van der Waals surface area contributed by atoms with Gasteiger partial charge >= 0.3 is 0 Å². The molecule has 19 heavy (non-hydrogen) atoms. The van der Waals surface area contributed by atoms with Crippen molar-refractivity contribution in [2.45, 2.75) is 26.7 Å². The Kier molecular flexibility index (Phi) is 3.47. The molecule has 0 fully saturated rings. The third-order valence-corrected chi connectivity index (χ3v) is 3.42. The van der Waals surface area contributed by atoms with Gasteiger partial charge in [-0.2, -0.15) is 0 Å². The maximum absolute atomic E-state index is 11.0. The standard InChI is InChI=1S/C16H18O3/c1-9(2)16-13-6-11(8-17)14(18)7-12(13)10(3)5-15(16)19-4/h5-9,18H,1-4H3. The number of aryl methyl sites for hydroxylation is 1. The Balaban J connectivity index is 2.95. The summed E-state index contributed by atoms with van der Waals surface area (Å²) in [7, 11) is 1.65. The number of aromatic hydroxyl groups is 1. The van der Waals surface area contributed by atoms with Crippen LogP contribution in [0.25, 0.3) is 10.8 Å². The Labute approximate surface area is 112 Å². The molecule has 0 heterocycles. The molecular weight excluding hydrogens is 240 g/mol. The van der Waals surface area contributed by atoms with Crippen molar-refractivity contribution in [2.75, 3.05) is 7.11 Å². The number of phenols is 1. The van der Waals surface area contributed by atoms with E-state index in [0.29, 0.717) is 11.8 Å². The smallest absolute Gasteiger partial charge is 0.153 e. The van der Waals surface area contributed by atoms with Crippen molar-refractivity contribution >= 4 is 17.1 Å². The molecule has 0 aliphatic heterocycles. The molecule has 0 bridgehead atoms. The molecule has 3 nitrogen and oxygen atoms in total. The van der Waals surface area contributed by atoms with E-state index in [1.54, 1.807) is 19.2 Å². The first kappa shape index (κ1) is 13.4. The fourth-order valence-corrected chi connectivity index (χ4v) is 2.50. The zero-order valence-electron chi connectivity index (χ0n) is 11.7. The predicted molar refractivity (Wildman–Crippen MR) is 76.4 cm³/mol. The fourth-order valence-electron chi connectivity index (χ4n) is 2.50. The van der Waals surface area contributed by atoms with Gasteiger partial charge in [-0.25, -0.2) is 0 Å². The lowest BCUT2D eigenvalue weighted by molar-refractivity contribution is 0.112. The lowest BCUT2D eigenvalue weighted by Gasteiger charge is -2.17. The summed E-state index contributed by atoms with van der Waals surface area (Å²) in [5.74, 6) is 1.11. The van der Waals surface area contributed by atoms with Crippen LogP contribution in [0.4, 0.5) is 0 Å². The van der Waals surface area contributed by atoms with E-state index in [-0.39, 0.29) is 11.7 Å². The number of rotatable bonds is 3. The van der Waals surface area contributed by atoms with E-state index in [0.717, 1.165) is 27.6 Å². The van der Waals surface area contributed by atoms with Crippen LogP contribution in [0.2, 0.25) is 0 Å². The van der Waals surface area contributed by atoms with Crippen LogP contribution in [-0.4, -0.2) is 18.5 Å². The summed E-state index contributed by atoms with van der Waals surface area (Å²) < 4.78 is 5.45. The average Bonchev–Trinajstić information content (AvgIpc) is 2.37. The van der Waals surface area contributed by atoms with Crippen molar-refractivity contribution in [3.05, 3.63) is 34.9 Å². The number of fused-ring (bicyclic) bond motifs is 1. The fraction of sp³-hybridized carbons (Fsp3) is 0.312. The zero-order valence-corrected chi connectivity index (χ0v) is 11.7. The Morgan fingerprint density at radius 2 is 1.89 bits per heavy atom. The molecule has 2 aromatic carbocycles. The molecule has 0 unspecified atom stereocenters. The van der Waals surface area contributed by atoms with Gasteiger partial charge in [-0.15, -0.1) is 0 Å². The summed E-state index contributed by atoms with van der Waals surface area (Å²) in [6.07, 6.45) is 0.674. The highest BCUT2D eigenvalue weighted by Gasteiger charge is 2.16. The summed E-state index contributed by atoms with van der Waals surface area (Å²) in [6.45, 7) is 6.13. The largest absolute Gasteiger partial charge is 0.507 e. The van der Waals surface area contributed by atoms with Crippen molar-refractivity contribution in [3.63, 3.8) is 0 Å². The van der Waals surface area contributed by atoms with Crippen LogP contribution in [0.5, 0.6) is 11.5 Å². The highest BCUT2D eigenvalue weighted by molar-refractivity contribution is 5.97. The maximum atomic E-state index is 11.0. The van der Waals surface area contributed by atoms with Gasteiger partial charge in [0, 0.05) is 5.56 Å². The second-order valence-corrected chi connectivity index (χ2v) is 5.04. The number of phenolic OH excluding ortho intramolecular Hbond substituents is 1. The van der Waals surface area contributed by atoms with E-state index in [2.05, 4.69) is 13.8 Å². The summed E-state index contributed by atoms with van der Waals surface area (Å²) in [5.41, 5.74) is 2.39. The van der Waals surface area contributed by atoms with Crippen molar-refractivity contribution in [1.82, 2.24) is 0 Å². The van der Waals surface area contributed by atoms with Crippen molar-refractivity contribution in [2.24, 2.45) is 0 Å². The number of methoxy groups -OCH3 is 1. The number of carbonyl (C=O) groups excluding carboxylic acids is 1. The molecule has 3 heteroatoms. The number of aldehydes is 1. The zero-order chi connectivity index (χ0) is 14.2. The number of hydrogen-bond acceptors (Lipinski definition) is 3. The van der Waals surface area contributed by atoms with Gasteiger partial charge in [-0.05, 0) is 47.4 Å². The molecule has 1 N–H and O–H groups in total. The molecule has 2 aromatic rings. The Morgan fingerprint density at radius 1 is 1.21 bits per heavy atom. The van der Waals surface area contributed by atoms with Crippen molar-refractivity contribution in [1.29, 1.82) is 0 Å². The Bertz CT molecular complexity index is 642. The summed E-state index contributed by atoms with van der Waals surface area (Å²) in [6, 6.07) is 5.36. The monoisotopic (exact) mass is 258 g/mol. The lowest BCUT2D eigenvalue weighted by atomic mass is 9.91. The van der Waals surface area contributed by atoms with Gasteiger partial charge in [0.15, 0.2) is 6.29 Å². The van der Waals surface area contributed by atoms with E-state index >= 15 is 0 Å². The molecule has 0 radical (unpaired) electrons. The third-order valence-electron chi connectivity index (χ3n) is 3.42. The van der Waals surface area contributed by atoms with Gasteiger partial charge in [-0.1, -0.05) is 13.8 Å². The molecule has 0 saturated heterocycles.